The van der Waals surface area contributed by atoms with Gasteiger partial charge in [-0.1, -0.05) is 13.3 Å². The molecule has 2 aliphatic heterocycles. The molecule has 0 aromatic carbocycles. The second-order valence-electron chi connectivity index (χ2n) is 7.78. The first-order chi connectivity index (χ1) is 12.3. The topological polar surface area (TPSA) is 67.7 Å². The largest absolute Gasteiger partial charge is 0.441 e. The Morgan fingerprint density at radius 2 is 2.04 bits per heavy atom. The number of aryl methyl sites for hydroxylation is 2. The second-order valence-corrected chi connectivity index (χ2v) is 7.78. The van der Waals surface area contributed by atoms with Gasteiger partial charge in [0.15, 0.2) is 0 Å². The first-order valence-corrected chi connectivity index (χ1v) is 9.62. The van der Waals surface area contributed by atoms with E-state index in [2.05, 4.69) is 18.9 Å². The summed E-state index contributed by atoms with van der Waals surface area (Å²) in [4.78, 5) is 28.6. The maximum absolute atomic E-state index is 12.6. The van der Waals surface area contributed by atoms with E-state index in [4.69, 9.17) is 4.74 Å². The van der Waals surface area contributed by atoms with Crippen molar-refractivity contribution in [2.75, 3.05) is 19.6 Å². The summed E-state index contributed by atoms with van der Waals surface area (Å²) in [6.45, 7) is 10.3. The zero-order valence-corrected chi connectivity index (χ0v) is 16.3. The summed E-state index contributed by atoms with van der Waals surface area (Å²) >= 11 is 0. The van der Waals surface area contributed by atoms with Crippen molar-refractivity contribution in [1.82, 2.24) is 19.6 Å². The molecule has 2 saturated heterocycles. The van der Waals surface area contributed by atoms with E-state index in [-0.39, 0.29) is 24.6 Å². The summed E-state index contributed by atoms with van der Waals surface area (Å²) in [5.74, 6) is 0.0755. The summed E-state index contributed by atoms with van der Waals surface area (Å²) in [6.07, 6.45) is 3.24. The molecule has 1 aromatic heterocycles. The van der Waals surface area contributed by atoms with Gasteiger partial charge in [-0.25, -0.2) is 4.79 Å². The molecule has 2 fully saturated rings. The average molecular weight is 362 g/mol. The number of nitrogens with zero attached hydrogens (tertiary/aromatic N) is 4. The van der Waals surface area contributed by atoms with Crippen LogP contribution in [0.1, 0.15) is 50.9 Å². The van der Waals surface area contributed by atoms with Crippen molar-refractivity contribution in [2.45, 2.75) is 71.6 Å². The Morgan fingerprint density at radius 3 is 2.62 bits per heavy atom. The minimum Gasteiger partial charge on any atom is -0.441 e. The maximum atomic E-state index is 12.6. The third kappa shape index (κ3) is 3.71. The van der Waals surface area contributed by atoms with Crippen LogP contribution in [0, 0.1) is 13.8 Å². The number of carbonyl (C=O) groups is 2. The molecule has 144 valence electrons. The summed E-state index contributed by atoms with van der Waals surface area (Å²) in [6, 6.07) is 2.18. The molecular formula is C19H30N4O3. The van der Waals surface area contributed by atoms with Crippen molar-refractivity contribution < 1.29 is 14.3 Å². The van der Waals surface area contributed by atoms with Gasteiger partial charge in [0.25, 0.3) is 0 Å². The van der Waals surface area contributed by atoms with Crippen LogP contribution in [0.2, 0.25) is 0 Å². The van der Waals surface area contributed by atoms with E-state index in [1.807, 2.05) is 29.7 Å². The lowest BCUT2D eigenvalue weighted by atomic mass is 9.91. The maximum Gasteiger partial charge on any atom is 0.410 e. The van der Waals surface area contributed by atoms with E-state index in [9.17, 15) is 9.59 Å². The van der Waals surface area contributed by atoms with Gasteiger partial charge < -0.3 is 14.5 Å². The van der Waals surface area contributed by atoms with Crippen LogP contribution < -0.4 is 0 Å². The normalized spacial score (nSPS) is 20.5. The fourth-order valence-electron chi connectivity index (χ4n) is 4.05. The summed E-state index contributed by atoms with van der Waals surface area (Å²) in [5, 5.41) is 4.37. The molecule has 26 heavy (non-hydrogen) atoms. The highest BCUT2D eigenvalue weighted by Gasteiger charge is 2.48. The molecule has 7 heteroatoms. The average Bonchev–Trinajstić information content (AvgIpc) is 3.07. The van der Waals surface area contributed by atoms with Gasteiger partial charge in [-0.2, -0.15) is 5.10 Å². The smallest absolute Gasteiger partial charge is 0.410 e. The van der Waals surface area contributed by atoms with Gasteiger partial charge in [-0.3, -0.25) is 9.48 Å². The molecule has 7 nitrogen and oxygen atoms in total. The molecule has 0 aliphatic carbocycles. The standard InChI is InChI=1S/C19H30N4O3/c1-5-6-15(3)22-13-19(26-18(22)25)7-9-21(10-8-19)17(24)12-23-16(4)11-14(2)20-23/h11,15H,5-10,12-13H2,1-4H3/t15-/m1/s1. The Labute approximate surface area is 155 Å². The zero-order chi connectivity index (χ0) is 18.9. The number of aromatic nitrogens is 2. The molecular weight excluding hydrogens is 332 g/mol. The summed E-state index contributed by atoms with van der Waals surface area (Å²) < 4.78 is 7.53. The van der Waals surface area contributed by atoms with Crippen LogP contribution >= 0.6 is 0 Å². The SMILES string of the molecule is CCC[C@@H](C)N1CC2(CCN(C(=O)Cn3nc(C)cc3C)CC2)OC1=O. The molecule has 1 atom stereocenters. The lowest BCUT2D eigenvalue weighted by Gasteiger charge is -2.37. The predicted octanol–water partition coefficient (Wildman–Crippen LogP) is 2.50. The number of hydrogen-bond donors (Lipinski definition) is 0. The van der Waals surface area contributed by atoms with E-state index in [0.717, 1.165) is 24.2 Å². The summed E-state index contributed by atoms with van der Waals surface area (Å²) in [7, 11) is 0. The highest BCUT2D eigenvalue weighted by Crippen LogP contribution is 2.34. The number of hydrogen-bond acceptors (Lipinski definition) is 4. The number of piperidine rings is 1. The molecule has 1 spiro atoms. The van der Waals surface area contributed by atoms with E-state index >= 15 is 0 Å². The van der Waals surface area contributed by atoms with E-state index in [1.165, 1.54) is 0 Å². The molecule has 2 aliphatic rings. The van der Waals surface area contributed by atoms with Crippen molar-refractivity contribution in [1.29, 1.82) is 0 Å². The van der Waals surface area contributed by atoms with Crippen LogP contribution in [-0.2, 0) is 16.1 Å². The first-order valence-electron chi connectivity index (χ1n) is 9.62. The van der Waals surface area contributed by atoms with Gasteiger partial charge in [-0.15, -0.1) is 0 Å². The molecule has 0 unspecified atom stereocenters. The Hall–Kier alpha value is -2.05. The van der Waals surface area contributed by atoms with Gasteiger partial charge in [0.2, 0.25) is 5.91 Å². The van der Waals surface area contributed by atoms with Crippen LogP contribution in [0.5, 0.6) is 0 Å². The third-order valence-corrected chi connectivity index (χ3v) is 5.65. The van der Waals surface area contributed by atoms with Crippen LogP contribution in [-0.4, -0.2) is 62.9 Å². The number of rotatable bonds is 5. The van der Waals surface area contributed by atoms with Gasteiger partial charge in [0.05, 0.1) is 12.2 Å². The Bertz CT molecular complexity index is 676. The number of ether oxygens (including phenoxy) is 1. The zero-order valence-electron chi connectivity index (χ0n) is 16.3. The Morgan fingerprint density at radius 1 is 1.35 bits per heavy atom. The lowest BCUT2D eigenvalue weighted by molar-refractivity contribution is -0.135. The molecule has 2 amide bonds. The van der Waals surface area contributed by atoms with Crippen molar-refractivity contribution >= 4 is 12.0 Å². The summed E-state index contributed by atoms with van der Waals surface area (Å²) in [5.41, 5.74) is 1.50. The van der Waals surface area contributed by atoms with E-state index < -0.39 is 5.60 Å². The highest BCUT2D eigenvalue weighted by molar-refractivity contribution is 5.76. The van der Waals surface area contributed by atoms with E-state index in [0.29, 0.717) is 32.5 Å². The second kappa shape index (κ2) is 7.29. The van der Waals surface area contributed by atoms with Crippen LogP contribution in [0.4, 0.5) is 4.79 Å². The minimum atomic E-state index is -0.423. The third-order valence-electron chi connectivity index (χ3n) is 5.65. The molecule has 1 aromatic rings. The van der Waals surface area contributed by atoms with Crippen LogP contribution in [0.15, 0.2) is 6.07 Å². The quantitative estimate of drug-likeness (QED) is 0.807. The fourth-order valence-corrected chi connectivity index (χ4v) is 4.05. The molecule has 0 bridgehead atoms. The number of carbonyl (C=O) groups excluding carboxylic acids is 2. The van der Waals surface area contributed by atoms with Crippen molar-refractivity contribution in [2.24, 2.45) is 0 Å². The lowest BCUT2D eigenvalue weighted by Crippen LogP contribution is -2.50. The highest BCUT2D eigenvalue weighted by atomic mass is 16.6. The Balaban J connectivity index is 1.56. The molecule has 0 N–H and O–H groups in total. The number of likely N-dealkylation sites (tertiary alicyclic amines) is 1. The molecule has 3 rings (SSSR count). The molecule has 0 radical (unpaired) electrons. The fraction of sp³-hybridized carbons (Fsp3) is 0.737. The molecule has 3 heterocycles. The van der Waals surface area contributed by atoms with Crippen LogP contribution in [0.25, 0.3) is 0 Å². The van der Waals surface area contributed by atoms with Gasteiger partial charge in [-0.05, 0) is 33.3 Å². The monoisotopic (exact) mass is 362 g/mol. The van der Waals surface area contributed by atoms with Crippen molar-refractivity contribution in [3.8, 4) is 0 Å². The Kier molecular flexibility index (Phi) is 5.25. The first kappa shape index (κ1) is 18.7. The van der Waals surface area contributed by atoms with Crippen LogP contribution in [0.3, 0.4) is 0 Å². The number of amides is 2. The van der Waals surface area contributed by atoms with Gasteiger partial charge in [0, 0.05) is 37.7 Å². The molecule has 0 saturated carbocycles. The predicted molar refractivity (Wildman–Crippen MR) is 97.8 cm³/mol. The minimum absolute atomic E-state index is 0.0755. The van der Waals surface area contributed by atoms with Gasteiger partial charge in [0.1, 0.15) is 12.1 Å². The van der Waals surface area contributed by atoms with Gasteiger partial charge >= 0.3 is 6.09 Å². The van der Waals surface area contributed by atoms with Crippen molar-refractivity contribution in [3.05, 3.63) is 17.5 Å². The van der Waals surface area contributed by atoms with E-state index in [1.54, 1.807) is 4.68 Å². The van der Waals surface area contributed by atoms with Crippen molar-refractivity contribution in [3.63, 3.8) is 0 Å².